The van der Waals surface area contributed by atoms with Gasteiger partial charge in [0.05, 0.1) is 6.10 Å². The Labute approximate surface area is 97.9 Å². The number of β-amino-alcohol motifs (C(OH)–C–C–N with tert-alkyl or cyclic N) is 1. The predicted octanol–water partition coefficient (Wildman–Crippen LogP) is 2.34. The molecule has 0 aliphatic carbocycles. The first kappa shape index (κ1) is 11.6. The van der Waals surface area contributed by atoms with Crippen LogP contribution in [0.1, 0.15) is 31.4 Å². The average Bonchev–Trinajstić information content (AvgIpc) is 2.39. The molecule has 1 fully saturated rings. The van der Waals surface area contributed by atoms with Gasteiger partial charge in [0.1, 0.15) is 0 Å². The number of aryl methyl sites for hydroxylation is 1. The van der Waals surface area contributed by atoms with Crippen molar-refractivity contribution in [3.63, 3.8) is 0 Å². The van der Waals surface area contributed by atoms with E-state index >= 15 is 0 Å². The molecule has 0 amide bonds. The first-order valence-electron chi connectivity index (χ1n) is 5.96. The van der Waals surface area contributed by atoms with Crippen molar-refractivity contribution in [2.45, 2.75) is 45.4 Å². The third kappa shape index (κ3) is 2.45. The number of rotatable bonds is 2. The lowest BCUT2D eigenvalue weighted by atomic mass is 10.0. The highest BCUT2D eigenvalue weighted by atomic mass is 16.3. The van der Waals surface area contributed by atoms with Crippen LogP contribution in [0.25, 0.3) is 0 Å². The summed E-state index contributed by atoms with van der Waals surface area (Å²) in [7, 11) is 0. The van der Waals surface area contributed by atoms with Crippen LogP contribution in [0, 0.1) is 6.92 Å². The molecule has 0 saturated carbocycles. The first-order chi connectivity index (χ1) is 7.47. The number of likely N-dealkylation sites (tertiary alicyclic amines) is 1. The molecule has 16 heavy (non-hydrogen) atoms. The van der Waals surface area contributed by atoms with Gasteiger partial charge in [-0.05, 0) is 32.8 Å². The lowest BCUT2D eigenvalue weighted by molar-refractivity contribution is 0.156. The smallest absolute Gasteiger partial charge is 0.0684 e. The van der Waals surface area contributed by atoms with Crippen molar-refractivity contribution in [3.05, 3.63) is 35.4 Å². The summed E-state index contributed by atoms with van der Waals surface area (Å²) in [6.45, 7) is 8.26. The third-order valence-electron chi connectivity index (χ3n) is 3.48. The lowest BCUT2D eigenvalue weighted by Gasteiger charge is -2.31. The van der Waals surface area contributed by atoms with Crippen molar-refractivity contribution in [2.24, 2.45) is 0 Å². The van der Waals surface area contributed by atoms with Crippen molar-refractivity contribution in [1.29, 1.82) is 0 Å². The summed E-state index contributed by atoms with van der Waals surface area (Å²) in [5, 5.41) is 9.73. The molecule has 2 nitrogen and oxygen atoms in total. The minimum absolute atomic E-state index is 0.114. The number of aliphatic hydroxyl groups is 1. The standard InChI is InChI=1S/C14H21NO/c1-11-5-4-6-12(7-11)9-15-10-13(16)8-14(15,2)3/h4-7,13,16H,8-10H2,1-3H3. The van der Waals surface area contributed by atoms with E-state index in [9.17, 15) is 5.11 Å². The summed E-state index contributed by atoms with van der Waals surface area (Å²) in [6.07, 6.45) is 0.707. The fourth-order valence-electron chi connectivity index (χ4n) is 2.58. The summed E-state index contributed by atoms with van der Waals surface area (Å²) >= 11 is 0. The van der Waals surface area contributed by atoms with Gasteiger partial charge in [0.15, 0.2) is 0 Å². The molecule has 0 bridgehead atoms. The molecule has 2 rings (SSSR count). The zero-order valence-corrected chi connectivity index (χ0v) is 10.4. The highest BCUT2D eigenvalue weighted by molar-refractivity contribution is 5.22. The molecule has 1 aromatic carbocycles. The van der Waals surface area contributed by atoms with Crippen LogP contribution in [0.5, 0.6) is 0 Å². The molecule has 1 aliphatic heterocycles. The van der Waals surface area contributed by atoms with Crippen molar-refractivity contribution >= 4 is 0 Å². The van der Waals surface area contributed by atoms with E-state index in [0.717, 1.165) is 19.5 Å². The minimum Gasteiger partial charge on any atom is -0.392 e. The highest BCUT2D eigenvalue weighted by Crippen LogP contribution is 2.30. The first-order valence-corrected chi connectivity index (χ1v) is 5.96. The molecule has 1 atom stereocenters. The van der Waals surface area contributed by atoms with Gasteiger partial charge in [-0.15, -0.1) is 0 Å². The second kappa shape index (κ2) is 4.19. The molecule has 88 valence electrons. The van der Waals surface area contributed by atoms with Crippen molar-refractivity contribution in [2.75, 3.05) is 6.54 Å². The molecule has 1 aromatic rings. The van der Waals surface area contributed by atoms with Crippen LogP contribution >= 0.6 is 0 Å². The van der Waals surface area contributed by atoms with Crippen LogP contribution in [-0.2, 0) is 6.54 Å². The topological polar surface area (TPSA) is 23.5 Å². The molecule has 0 spiro atoms. The van der Waals surface area contributed by atoms with Crippen LogP contribution in [0.2, 0.25) is 0 Å². The minimum atomic E-state index is -0.167. The predicted molar refractivity (Wildman–Crippen MR) is 66.3 cm³/mol. The van der Waals surface area contributed by atoms with Gasteiger partial charge in [-0.1, -0.05) is 29.8 Å². The lowest BCUT2D eigenvalue weighted by Crippen LogP contribution is -2.37. The van der Waals surface area contributed by atoms with E-state index in [1.807, 2.05) is 0 Å². The largest absolute Gasteiger partial charge is 0.392 e. The van der Waals surface area contributed by atoms with Gasteiger partial charge in [0.25, 0.3) is 0 Å². The van der Waals surface area contributed by atoms with Crippen molar-refractivity contribution in [1.82, 2.24) is 4.90 Å². The molecule has 1 heterocycles. The van der Waals surface area contributed by atoms with Crippen LogP contribution in [0.15, 0.2) is 24.3 Å². The van der Waals surface area contributed by atoms with Crippen molar-refractivity contribution in [3.8, 4) is 0 Å². The van der Waals surface area contributed by atoms with E-state index in [-0.39, 0.29) is 11.6 Å². The molecular weight excluding hydrogens is 198 g/mol. The summed E-state index contributed by atoms with van der Waals surface area (Å²) in [6, 6.07) is 8.60. The van der Waals surface area contributed by atoms with Crippen LogP contribution in [0.4, 0.5) is 0 Å². The van der Waals surface area contributed by atoms with Gasteiger partial charge in [-0.2, -0.15) is 0 Å². The monoisotopic (exact) mass is 219 g/mol. The number of nitrogens with zero attached hydrogens (tertiary/aromatic N) is 1. The zero-order chi connectivity index (χ0) is 11.8. The maximum absolute atomic E-state index is 9.73. The van der Waals surface area contributed by atoms with Gasteiger partial charge < -0.3 is 5.11 Å². The molecule has 1 N–H and O–H groups in total. The Morgan fingerprint density at radius 3 is 2.75 bits per heavy atom. The normalized spacial score (nSPS) is 24.9. The SMILES string of the molecule is Cc1cccc(CN2CC(O)CC2(C)C)c1. The highest BCUT2D eigenvalue weighted by Gasteiger charge is 2.37. The van der Waals surface area contributed by atoms with Gasteiger partial charge in [0, 0.05) is 18.6 Å². The molecule has 1 saturated heterocycles. The van der Waals surface area contributed by atoms with Gasteiger partial charge in [0.2, 0.25) is 0 Å². The van der Waals surface area contributed by atoms with Gasteiger partial charge in [-0.25, -0.2) is 0 Å². The van der Waals surface area contributed by atoms with Gasteiger partial charge >= 0.3 is 0 Å². The Morgan fingerprint density at radius 1 is 1.44 bits per heavy atom. The fourth-order valence-corrected chi connectivity index (χ4v) is 2.58. The Balaban J connectivity index is 2.10. The molecule has 0 aromatic heterocycles. The molecule has 1 unspecified atom stereocenters. The van der Waals surface area contributed by atoms with Crippen LogP contribution in [-0.4, -0.2) is 28.2 Å². The molecule has 1 aliphatic rings. The maximum Gasteiger partial charge on any atom is 0.0684 e. The fraction of sp³-hybridized carbons (Fsp3) is 0.571. The zero-order valence-electron chi connectivity index (χ0n) is 10.4. The maximum atomic E-state index is 9.73. The van der Waals surface area contributed by atoms with E-state index in [2.05, 4.69) is 49.9 Å². The quantitative estimate of drug-likeness (QED) is 0.825. The van der Waals surface area contributed by atoms with Crippen molar-refractivity contribution < 1.29 is 5.11 Å². The van der Waals surface area contributed by atoms with E-state index in [1.165, 1.54) is 11.1 Å². The van der Waals surface area contributed by atoms with Crippen LogP contribution in [0.3, 0.4) is 0 Å². The average molecular weight is 219 g/mol. The Bertz CT molecular complexity index is 373. The molecule has 2 heteroatoms. The summed E-state index contributed by atoms with van der Waals surface area (Å²) in [5.74, 6) is 0. The van der Waals surface area contributed by atoms with E-state index in [1.54, 1.807) is 0 Å². The number of benzene rings is 1. The second-order valence-corrected chi connectivity index (χ2v) is 5.54. The number of hydrogen-bond acceptors (Lipinski definition) is 2. The molecular formula is C14H21NO. The van der Waals surface area contributed by atoms with Crippen LogP contribution < -0.4 is 0 Å². The Morgan fingerprint density at radius 2 is 2.19 bits per heavy atom. The third-order valence-corrected chi connectivity index (χ3v) is 3.48. The summed E-state index contributed by atoms with van der Waals surface area (Å²) in [4.78, 5) is 2.37. The Hall–Kier alpha value is -0.860. The Kier molecular flexibility index (Phi) is 3.04. The second-order valence-electron chi connectivity index (χ2n) is 5.54. The molecule has 0 radical (unpaired) electrons. The van der Waals surface area contributed by atoms with E-state index in [4.69, 9.17) is 0 Å². The number of aliphatic hydroxyl groups excluding tert-OH is 1. The van der Waals surface area contributed by atoms with E-state index < -0.39 is 0 Å². The number of hydrogen-bond donors (Lipinski definition) is 1. The summed E-state index contributed by atoms with van der Waals surface area (Å²) < 4.78 is 0. The summed E-state index contributed by atoms with van der Waals surface area (Å²) in [5.41, 5.74) is 2.75. The van der Waals surface area contributed by atoms with E-state index in [0.29, 0.717) is 0 Å². The van der Waals surface area contributed by atoms with Gasteiger partial charge in [-0.3, -0.25) is 4.90 Å².